The SMILES string of the molecule is CCC(=O)N1CC(C)(C)Oc2ccc(C(O)CN)cc21. The van der Waals surface area contributed by atoms with E-state index in [9.17, 15) is 9.90 Å². The molecule has 1 aliphatic heterocycles. The summed E-state index contributed by atoms with van der Waals surface area (Å²) < 4.78 is 5.91. The summed E-state index contributed by atoms with van der Waals surface area (Å²) in [4.78, 5) is 13.9. The summed E-state index contributed by atoms with van der Waals surface area (Å²) in [6.07, 6.45) is -0.298. The molecule has 1 aliphatic rings. The fourth-order valence-corrected chi connectivity index (χ4v) is 2.38. The highest BCUT2D eigenvalue weighted by atomic mass is 16.5. The lowest BCUT2D eigenvalue weighted by atomic mass is 10.0. The number of ether oxygens (including phenoxy) is 1. The quantitative estimate of drug-likeness (QED) is 0.880. The van der Waals surface area contributed by atoms with Gasteiger partial charge in [-0.2, -0.15) is 0 Å². The summed E-state index contributed by atoms with van der Waals surface area (Å²) in [5.74, 6) is 0.707. The third kappa shape index (κ3) is 2.78. The molecule has 0 spiro atoms. The van der Waals surface area contributed by atoms with Crippen molar-refractivity contribution in [3.63, 3.8) is 0 Å². The van der Waals surface area contributed by atoms with Crippen LogP contribution in [0.25, 0.3) is 0 Å². The van der Waals surface area contributed by atoms with E-state index >= 15 is 0 Å². The van der Waals surface area contributed by atoms with Crippen LogP contribution in [0.2, 0.25) is 0 Å². The molecule has 5 nitrogen and oxygen atoms in total. The highest BCUT2D eigenvalue weighted by molar-refractivity contribution is 5.95. The molecular formula is C15H22N2O3. The molecule has 110 valence electrons. The first kappa shape index (κ1) is 14.8. The third-order valence-electron chi connectivity index (χ3n) is 3.41. The molecule has 3 N–H and O–H groups in total. The van der Waals surface area contributed by atoms with Crippen LogP contribution in [0.3, 0.4) is 0 Å². The van der Waals surface area contributed by atoms with Crippen LogP contribution >= 0.6 is 0 Å². The van der Waals surface area contributed by atoms with Crippen molar-refractivity contribution in [2.75, 3.05) is 18.0 Å². The van der Waals surface area contributed by atoms with Gasteiger partial charge in [0.1, 0.15) is 11.4 Å². The predicted octanol–water partition coefficient (Wildman–Crippen LogP) is 1.59. The molecule has 0 bridgehead atoms. The van der Waals surface area contributed by atoms with Crippen molar-refractivity contribution in [2.24, 2.45) is 5.73 Å². The lowest BCUT2D eigenvalue weighted by Gasteiger charge is -2.40. The molecule has 0 fully saturated rings. The van der Waals surface area contributed by atoms with Gasteiger partial charge in [0.15, 0.2) is 0 Å². The zero-order valence-corrected chi connectivity index (χ0v) is 12.2. The molecule has 1 aromatic rings. The summed E-state index contributed by atoms with van der Waals surface area (Å²) in [7, 11) is 0. The zero-order chi connectivity index (χ0) is 14.9. The minimum atomic E-state index is -0.728. The number of carbonyl (C=O) groups excluding carboxylic acids is 1. The Morgan fingerprint density at radius 2 is 2.25 bits per heavy atom. The Balaban J connectivity index is 2.46. The van der Waals surface area contributed by atoms with E-state index in [1.807, 2.05) is 20.8 Å². The Morgan fingerprint density at radius 1 is 1.55 bits per heavy atom. The first-order valence-corrected chi connectivity index (χ1v) is 6.89. The molecular weight excluding hydrogens is 256 g/mol. The summed E-state index contributed by atoms with van der Waals surface area (Å²) in [5.41, 5.74) is 6.46. The van der Waals surface area contributed by atoms with E-state index in [0.29, 0.717) is 30.0 Å². The van der Waals surface area contributed by atoms with Gasteiger partial charge in [0, 0.05) is 13.0 Å². The number of hydrogen-bond acceptors (Lipinski definition) is 4. The smallest absolute Gasteiger partial charge is 0.226 e. The average molecular weight is 278 g/mol. The molecule has 2 rings (SSSR count). The van der Waals surface area contributed by atoms with Crippen molar-refractivity contribution < 1.29 is 14.6 Å². The molecule has 0 radical (unpaired) electrons. The molecule has 1 aromatic carbocycles. The monoisotopic (exact) mass is 278 g/mol. The Morgan fingerprint density at radius 3 is 2.85 bits per heavy atom. The molecule has 0 aromatic heterocycles. The number of nitrogens with two attached hydrogens (primary N) is 1. The standard InChI is InChI=1S/C15H22N2O3/c1-4-14(19)17-9-15(2,3)20-13-6-5-10(7-11(13)17)12(18)8-16/h5-7,12,18H,4,8-9,16H2,1-3H3. The van der Waals surface area contributed by atoms with Crippen LogP contribution in [0.1, 0.15) is 38.9 Å². The molecule has 5 heteroatoms. The number of aliphatic hydroxyl groups is 1. The summed E-state index contributed by atoms with van der Waals surface area (Å²) >= 11 is 0. The minimum absolute atomic E-state index is 0.0435. The van der Waals surface area contributed by atoms with Crippen molar-refractivity contribution in [3.05, 3.63) is 23.8 Å². The van der Waals surface area contributed by atoms with E-state index in [-0.39, 0.29) is 12.5 Å². The number of benzene rings is 1. The van der Waals surface area contributed by atoms with Gasteiger partial charge >= 0.3 is 0 Å². The second-order valence-corrected chi connectivity index (χ2v) is 5.67. The number of fused-ring (bicyclic) bond motifs is 1. The Kier molecular flexibility index (Phi) is 4.01. The maximum atomic E-state index is 12.2. The van der Waals surface area contributed by atoms with Crippen LogP contribution in [-0.2, 0) is 4.79 Å². The fourth-order valence-electron chi connectivity index (χ4n) is 2.38. The maximum Gasteiger partial charge on any atom is 0.226 e. The van der Waals surface area contributed by atoms with Gasteiger partial charge in [0.25, 0.3) is 0 Å². The van der Waals surface area contributed by atoms with Crippen molar-refractivity contribution in [2.45, 2.75) is 38.9 Å². The van der Waals surface area contributed by atoms with Crippen molar-refractivity contribution >= 4 is 11.6 Å². The van der Waals surface area contributed by atoms with Crippen LogP contribution in [0.4, 0.5) is 5.69 Å². The Labute approximate surface area is 119 Å². The second kappa shape index (κ2) is 5.42. The number of amides is 1. The third-order valence-corrected chi connectivity index (χ3v) is 3.41. The van der Waals surface area contributed by atoms with Gasteiger partial charge in [-0.25, -0.2) is 0 Å². The second-order valence-electron chi connectivity index (χ2n) is 5.67. The lowest BCUT2D eigenvalue weighted by molar-refractivity contribution is -0.119. The lowest BCUT2D eigenvalue weighted by Crippen LogP contribution is -2.49. The number of anilines is 1. The Bertz CT molecular complexity index is 514. The fraction of sp³-hybridized carbons (Fsp3) is 0.533. The van der Waals surface area contributed by atoms with Gasteiger partial charge in [-0.3, -0.25) is 4.79 Å². The molecule has 1 atom stereocenters. The molecule has 0 aliphatic carbocycles. The molecule has 1 heterocycles. The first-order chi connectivity index (χ1) is 9.38. The van der Waals surface area contributed by atoms with Crippen LogP contribution < -0.4 is 15.4 Å². The zero-order valence-electron chi connectivity index (χ0n) is 12.2. The minimum Gasteiger partial charge on any atom is -0.484 e. The number of hydrogen-bond donors (Lipinski definition) is 2. The molecule has 0 saturated carbocycles. The average Bonchev–Trinajstić information content (AvgIpc) is 2.43. The van der Waals surface area contributed by atoms with Crippen molar-refractivity contribution in [1.82, 2.24) is 0 Å². The van der Waals surface area contributed by atoms with Gasteiger partial charge in [-0.05, 0) is 31.5 Å². The number of carbonyl (C=O) groups is 1. The van der Waals surface area contributed by atoms with E-state index < -0.39 is 11.7 Å². The van der Waals surface area contributed by atoms with E-state index in [4.69, 9.17) is 10.5 Å². The maximum absolute atomic E-state index is 12.2. The van der Waals surface area contributed by atoms with Crippen LogP contribution in [0, 0.1) is 0 Å². The number of aliphatic hydroxyl groups excluding tert-OH is 1. The van der Waals surface area contributed by atoms with E-state index in [1.165, 1.54) is 0 Å². The van der Waals surface area contributed by atoms with Crippen LogP contribution in [0.5, 0.6) is 5.75 Å². The molecule has 0 saturated heterocycles. The number of rotatable bonds is 3. The summed E-state index contributed by atoms with van der Waals surface area (Å²) in [6.45, 7) is 6.38. The van der Waals surface area contributed by atoms with Gasteiger partial charge in [-0.15, -0.1) is 0 Å². The Hall–Kier alpha value is -1.59. The van der Waals surface area contributed by atoms with Crippen LogP contribution in [0.15, 0.2) is 18.2 Å². The summed E-state index contributed by atoms with van der Waals surface area (Å²) in [5, 5.41) is 9.85. The largest absolute Gasteiger partial charge is 0.484 e. The highest BCUT2D eigenvalue weighted by Gasteiger charge is 2.34. The topological polar surface area (TPSA) is 75.8 Å². The van der Waals surface area contributed by atoms with Gasteiger partial charge < -0.3 is 20.5 Å². The normalized spacial score (nSPS) is 18.1. The first-order valence-electron chi connectivity index (χ1n) is 6.89. The van der Waals surface area contributed by atoms with E-state index in [0.717, 1.165) is 0 Å². The van der Waals surface area contributed by atoms with Crippen molar-refractivity contribution in [1.29, 1.82) is 0 Å². The van der Waals surface area contributed by atoms with Crippen molar-refractivity contribution in [3.8, 4) is 5.75 Å². The van der Waals surface area contributed by atoms with Gasteiger partial charge in [-0.1, -0.05) is 13.0 Å². The molecule has 20 heavy (non-hydrogen) atoms. The van der Waals surface area contributed by atoms with Gasteiger partial charge in [0.05, 0.1) is 18.3 Å². The van der Waals surface area contributed by atoms with Gasteiger partial charge in [0.2, 0.25) is 5.91 Å². The van der Waals surface area contributed by atoms with Crippen LogP contribution in [-0.4, -0.2) is 29.7 Å². The highest BCUT2D eigenvalue weighted by Crippen LogP contribution is 2.38. The summed E-state index contributed by atoms with van der Waals surface area (Å²) in [6, 6.07) is 5.36. The van der Waals surface area contributed by atoms with E-state index in [2.05, 4.69) is 0 Å². The number of nitrogens with zero attached hydrogens (tertiary/aromatic N) is 1. The predicted molar refractivity (Wildman–Crippen MR) is 77.8 cm³/mol. The molecule has 1 amide bonds. The van der Waals surface area contributed by atoms with E-state index in [1.54, 1.807) is 23.1 Å². The molecule has 1 unspecified atom stereocenters.